The van der Waals surface area contributed by atoms with Gasteiger partial charge in [-0.25, -0.2) is 0 Å². The van der Waals surface area contributed by atoms with Crippen molar-refractivity contribution in [3.8, 4) is 0 Å². The fourth-order valence-corrected chi connectivity index (χ4v) is 19.9. The summed E-state index contributed by atoms with van der Waals surface area (Å²) in [4.78, 5) is 37.0. The molecule has 0 aromatic heterocycles. The average Bonchev–Trinajstić information content (AvgIpc) is 2.91. The van der Waals surface area contributed by atoms with Crippen molar-refractivity contribution < 1.29 is 45.8 Å². The van der Waals surface area contributed by atoms with Gasteiger partial charge >= 0.3 is 230 Å². The van der Waals surface area contributed by atoms with Crippen LogP contribution < -0.4 is 26.5 Å². The van der Waals surface area contributed by atoms with Gasteiger partial charge in [0.1, 0.15) is 0 Å². The van der Waals surface area contributed by atoms with Gasteiger partial charge in [0.05, 0.1) is 0 Å². The normalized spacial score (nSPS) is 27.6. The topological polar surface area (TPSA) is 104 Å². The van der Waals surface area contributed by atoms with E-state index in [0.29, 0.717) is 14.0 Å². The van der Waals surface area contributed by atoms with Crippen LogP contribution >= 0.6 is 76.8 Å². The molecule has 6 atom stereocenters. The summed E-state index contributed by atoms with van der Waals surface area (Å²) in [6.07, 6.45) is 0.426. The van der Waals surface area contributed by atoms with E-state index < -0.39 is 31.9 Å². The second-order valence-corrected chi connectivity index (χ2v) is 19.3. The predicted octanol–water partition coefficient (Wildman–Crippen LogP) is 0.300. The minimum atomic E-state index is -2.41. The van der Waals surface area contributed by atoms with E-state index in [1.807, 2.05) is 29.5 Å². The number of fused-ring (bicyclic) bond motifs is 1. The average molecular weight is 890 g/mol. The van der Waals surface area contributed by atoms with Crippen LogP contribution in [0.15, 0.2) is 8.48 Å². The molecule has 0 radical (unpaired) electrons. The maximum atomic E-state index is 12.6. The Balaban J connectivity index is 2.19. The second kappa shape index (κ2) is 13.0. The number of alkyl halides is 4. The fourth-order valence-electron chi connectivity index (χ4n) is 3.64. The molecule has 11 heteroatoms. The van der Waals surface area contributed by atoms with E-state index in [-0.39, 0.29) is 50.6 Å². The van der Waals surface area contributed by atoms with Gasteiger partial charge in [-0.3, -0.25) is 0 Å². The van der Waals surface area contributed by atoms with Crippen molar-refractivity contribution in [1.82, 2.24) is 5.32 Å². The number of carboxylic acids is 1. The molecule has 2 heterocycles. The van der Waals surface area contributed by atoms with Crippen LogP contribution in [0.2, 0.25) is 0 Å². The van der Waals surface area contributed by atoms with E-state index in [1.165, 1.54) is 4.43 Å². The van der Waals surface area contributed by atoms with Gasteiger partial charge in [-0.2, -0.15) is 0 Å². The van der Waals surface area contributed by atoms with Crippen LogP contribution in [-0.2, 0) is 14.4 Å². The van der Waals surface area contributed by atoms with Crippen LogP contribution in [0.3, 0.4) is 0 Å². The summed E-state index contributed by atoms with van der Waals surface area (Å²) in [7, 11) is 0. The summed E-state index contributed by atoms with van der Waals surface area (Å²) in [5.41, 5.74) is 0. The first-order chi connectivity index (χ1) is 14.1. The van der Waals surface area contributed by atoms with Crippen molar-refractivity contribution in [1.29, 1.82) is 0 Å². The maximum absolute atomic E-state index is 12.6. The molecule has 0 bridgehead atoms. The van der Waals surface area contributed by atoms with E-state index >= 15 is 0 Å². The molecule has 0 amide bonds. The number of carboxylic acid groups (broad SMARTS) is 1. The molecule has 0 spiro atoms. The zero-order chi connectivity index (χ0) is 22.6. The van der Waals surface area contributed by atoms with Gasteiger partial charge in [-0.15, -0.1) is 0 Å². The van der Waals surface area contributed by atoms with Crippen LogP contribution in [0.5, 0.6) is 0 Å². The first kappa shape index (κ1) is 28.0. The van der Waals surface area contributed by atoms with Gasteiger partial charge in [0.25, 0.3) is 0 Å². The van der Waals surface area contributed by atoms with Gasteiger partial charge < -0.3 is 0 Å². The molecule has 2 aliphatic heterocycles. The molecule has 0 aliphatic carbocycles. The quantitative estimate of drug-likeness (QED) is 0.139. The van der Waals surface area contributed by atoms with Crippen molar-refractivity contribution in [3.63, 3.8) is 0 Å². The summed E-state index contributed by atoms with van der Waals surface area (Å²) in [5.74, 6) is -0.465. The zero-order valence-corrected chi connectivity index (χ0v) is 26.5. The van der Waals surface area contributed by atoms with Gasteiger partial charge in [-0.1, -0.05) is 0 Å². The van der Waals surface area contributed by atoms with Gasteiger partial charge in [-0.05, 0) is 0 Å². The molecule has 0 aromatic rings. The summed E-state index contributed by atoms with van der Waals surface area (Å²) in [6, 6.07) is 0.240. The minimum absolute atomic E-state index is 0.0290. The van der Waals surface area contributed by atoms with Crippen molar-refractivity contribution in [2.75, 3.05) is 21.2 Å². The monoisotopic (exact) mass is 890 g/mol. The first-order valence-corrected chi connectivity index (χ1v) is 19.5. The number of carbonyl (C=O) groups is 3. The van der Waals surface area contributed by atoms with Crippen LogP contribution in [0, 0.1) is 11.8 Å². The van der Waals surface area contributed by atoms with Gasteiger partial charge in [0.2, 0.25) is 0 Å². The molecule has 30 heavy (non-hydrogen) atoms. The number of thioether (sulfide) groups is 1. The van der Waals surface area contributed by atoms with Crippen LogP contribution in [-0.4, -0.2) is 64.9 Å². The molecular formula is C19H28I4NO5S-. The molecule has 2 unspecified atom stereocenters. The van der Waals surface area contributed by atoms with Crippen molar-refractivity contribution in [3.05, 3.63) is 8.48 Å². The van der Waals surface area contributed by atoms with Crippen molar-refractivity contribution in [2.24, 2.45) is 11.8 Å². The third-order valence-corrected chi connectivity index (χ3v) is 20.3. The molecule has 2 rings (SSSR count). The first-order valence-electron chi connectivity index (χ1n) is 9.71. The third-order valence-electron chi connectivity index (χ3n) is 5.08. The molecular weight excluding hydrogens is 862 g/mol. The molecule has 1 fully saturated rings. The van der Waals surface area contributed by atoms with E-state index in [1.54, 1.807) is 18.7 Å². The second-order valence-electron chi connectivity index (χ2n) is 7.27. The van der Waals surface area contributed by atoms with E-state index in [0.717, 1.165) is 21.5 Å². The van der Waals surface area contributed by atoms with Crippen LogP contribution in [0.25, 0.3) is 0 Å². The number of halogens is 4. The molecule has 174 valence electrons. The third kappa shape index (κ3) is 6.44. The summed E-state index contributed by atoms with van der Waals surface area (Å²) < 4.78 is 3.12. The molecule has 6 nitrogen and oxygen atoms in total. The number of aliphatic hydroxyl groups is 1. The Kier molecular flexibility index (Phi) is 12.1. The standard InChI is InChI=1S/C19H28I4NO5S/c1-4-5-22-11(12(6-20)24-7-13(21)26)8-30-17-9(2)15-14(10(3)25)18(27)23(15)16(17)19(28)29/h9-12,14-15,24-25H,4-8H2,1-3H3,(H,28,29)/q-1/t9-,10+,11+,12?,14?,15-/m1/s1. The van der Waals surface area contributed by atoms with Crippen LogP contribution in [0.1, 0.15) is 27.2 Å². The molecule has 0 aromatic carbocycles. The summed E-state index contributed by atoms with van der Waals surface area (Å²) >= 11 is 3.31. The fraction of sp³-hybridized carbons (Fsp3) is 0.737. The van der Waals surface area contributed by atoms with Crippen molar-refractivity contribution in [2.45, 2.75) is 47.2 Å². The van der Waals surface area contributed by atoms with Crippen molar-refractivity contribution >= 4 is 90.3 Å². The number of carbonyl (C=O) groups excluding carboxylic acids is 2. The summed E-state index contributed by atoms with van der Waals surface area (Å²) in [5, 5.41) is 23.3. The number of nitrogens with one attached hydrogen (secondary N) is 1. The van der Waals surface area contributed by atoms with E-state index in [2.05, 4.69) is 34.8 Å². The number of aliphatic carboxylic acids is 1. The Morgan fingerprint density at radius 3 is 2.57 bits per heavy atom. The van der Waals surface area contributed by atoms with Crippen LogP contribution in [0.4, 0.5) is 0 Å². The zero-order valence-electron chi connectivity index (χ0n) is 17.0. The number of hydrogen-bond acceptors (Lipinski definition) is 6. The number of rotatable bonds is 13. The molecule has 2 aliphatic rings. The molecule has 3 N–H and O–H groups in total. The SMILES string of the molecule is CCC[I-][C@@H](CSC1=C(C(=O)O)I2C(=O)C([C@H](C)O)[C@H]2[C@H]1C)C(CI)NCC(=O)I. The molecule has 1 saturated heterocycles. The Hall–Kier alpha value is 1.74. The Morgan fingerprint density at radius 1 is 1.40 bits per heavy atom. The van der Waals surface area contributed by atoms with Gasteiger partial charge in [0.15, 0.2) is 0 Å². The van der Waals surface area contributed by atoms with Gasteiger partial charge in [0, 0.05) is 0 Å². The van der Waals surface area contributed by atoms with E-state index in [9.17, 15) is 24.6 Å². The summed E-state index contributed by atoms with van der Waals surface area (Å²) in [6.45, 7) is 6.22. The van der Waals surface area contributed by atoms with E-state index in [4.69, 9.17) is 0 Å². The number of aliphatic hydroxyl groups excluding tert-OH is 1. The number of allylic oxidation sites excluding steroid dienone is 1. The Morgan fingerprint density at radius 2 is 2.07 bits per heavy atom. The Labute approximate surface area is 227 Å². The Bertz CT molecular complexity index is 704. The predicted molar refractivity (Wildman–Crippen MR) is 143 cm³/mol. The number of hydrogen-bond donors (Lipinski definition) is 3. The molecule has 0 saturated carbocycles.